The Morgan fingerprint density at radius 2 is 1.93 bits per heavy atom. The third kappa shape index (κ3) is 5.42. The molecule has 0 unspecified atom stereocenters. The summed E-state index contributed by atoms with van der Waals surface area (Å²) in [4.78, 5) is 31.7. The summed E-state index contributed by atoms with van der Waals surface area (Å²) in [5.74, 6) is -3.07. The Hall–Kier alpha value is -4.14. The van der Waals surface area contributed by atoms with E-state index in [1.165, 1.54) is 6.20 Å². The molecule has 29 heavy (non-hydrogen) atoms. The number of nitriles is 1. The van der Waals surface area contributed by atoms with Gasteiger partial charge in [0.1, 0.15) is 11.8 Å². The molecule has 0 bridgehead atoms. The maximum atomic E-state index is 12.2. The average Bonchev–Trinajstić information content (AvgIpc) is 3.31. The van der Waals surface area contributed by atoms with E-state index in [9.17, 15) is 18.0 Å². The van der Waals surface area contributed by atoms with Crippen LogP contribution in [0.3, 0.4) is 0 Å². The highest BCUT2D eigenvalue weighted by Crippen LogP contribution is 2.27. The SMILES string of the molecule is Cn1cncc1-c1ccccc1NC(=O)c1ncc(C#N)[nH]1.O=C(O)C(F)(F)F. The Balaban J connectivity index is 0.000000370. The molecule has 12 heteroatoms. The summed E-state index contributed by atoms with van der Waals surface area (Å²) < 4.78 is 33.6. The third-order valence-corrected chi connectivity index (χ3v) is 3.42. The lowest BCUT2D eigenvalue weighted by atomic mass is 10.1. The minimum absolute atomic E-state index is 0.0939. The number of nitrogens with zero attached hydrogens (tertiary/aromatic N) is 4. The zero-order valence-corrected chi connectivity index (χ0v) is 14.7. The van der Waals surface area contributed by atoms with Gasteiger partial charge in [0, 0.05) is 12.6 Å². The molecule has 9 nitrogen and oxygen atoms in total. The van der Waals surface area contributed by atoms with Crippen LogP contribution in [-0.2, 0) is 11.8 Å². The first-order chi connectivity index (χ1) is 13.6. The van der Waals surface area contributed by atoms with E-state index in [4.69, 9.17) is 15.2 Å². The number of imidazole rings is 2. The third-order valence-electron chi connectivity index (χ3n) is 3.42. The summed E-state index contributed by atoms with van der Waals surface area (Å²) in [6, 6.07) is 9.32. The lowest BCUT2D eigenvalue weighted by Crippen LogP contribution is -2.21. The molecule has 0 radical (unpaired) electrons. The molecular formula is C17H13F3N6O3. The molecule has 150 valence electrons. The molecule has 0 atom stereocenters. The molecular weight excluding hydrogens is 393 g/mol. The first kappa shape index (κ1) is 21.2. The molecule has 1 aromatic carbocycles. The second-order valence-electron chi connectivity index (χ2n) is 5.45. The number of rotatable bonds is 3. The number of carbonyl (C=O) groups is 2. The Bertz CT molecular complexity index is 1060. The van der Waals surface area contributed by atoms with Crippen LogP contribution in [0.25, 0.3) is 11.3 Å². The smallest absolute Gasteiger partial charge is 0.475 e. The number of halogens is 3. The number of carboxylic acids is 1. The van der Waals surface area contributed by atoms with Crippen molar-refractivity contribution in [2.45, 2.75) is 6.18 Å². The van der Waals surface area contributed by atoms with Gasteiger partial charge < -0.3 is 20.0 Å². The van der Waals surface area contributed by atoms with Crippen LogP contribution in [-0.4, -0.2) is 42.7 Å². The predicted molar refractivity (Wildman–Crippen MR) is 93.6 cm³/mol. The monoisotopic (exact) mass is 406 g/mol. The lowest BCUT2D eigenvalue weighted by Gasteiger charge is -2.10. The zero-order chi connectivity index (χ0) is 21.6. The number of para-hydroxylation sites is 1. The Kier molecular flexibility index (Phi) is 6.35. The van der Waals surface area contributed by atoms with Crippen LogP contribution in [0.4, 0.5) is 18.9 Å². The number of aromatic amines is 1. The normalized spacial score (nSPS) is 10.4. The number of aromatic nitrogens is 4. The second-order valence-corrected chi connectivity index (χ2v) is 5.45. The number of benzene rings is 1. The van der Waals surface area contributed by atoms with E-state index in [1.54, 1.807) is 18.6 Å². The second kappa shape index (κ2) is 8.70. The van der Waals surface area contributed by atoms with Crippen LogP contribution in [0.2, 0.25) is 0 Å². The van der Waals surface area contributed by atoms with Gasteiger partial charge in [0.05, 0.1) is 30.1 Å². The van der Waals surface area contributed by atoms with Crippen molar-refractivity contribution in [2.24, 2.45) is 7.05 Å². The van der Waals surface area contributed by atoms with E-state index in [0.29, 0.717) is 5.69 Å². The fourth-order valence-corrected chi connectivity index (χ4v) is 2.11. The summed E-state index contributed by atoms with van der Waals surface area (Å²) in [5, 5.41) is 18.7. The number of H-pyrrole nitrogens is 1. The molecule has 2 aromatic heterocycles. The van der Waals surface area contributed by atoms with Crippen molar-refractivity contribution in [3.63, 3.8) is 0 Å². The molecule has 3 aromatic rings. The highest BCUT2D eigenvalue weighted by Gasteiger charge is 2.38. The van der Waals surface area contributed by atoms with E-state index >= 15 is 0 Å². The van der Waals surface area contributed by atoms with Gasteiger partial charge in [0.15, 0.2) is 5.82 Å². The molecule has 0 saturated carbocycles. The molecule has 0 spiro atoms. The van der Waals surface area contributed by atoms with E-state index in [2.05, 4.69) is 20.3 Å². The van der Waals surface area contributed by atoms with Crippen LogP contribution in [0.5, 0.6) is 0 Å². The summed E-state index contributed by atoms with van der Waals surface area (Å²) in [6.07, 6.45) is -0.340. The molecule has 0 aliphatic rings. The number of amides is 1. The topological polar surface area (TPSA) is 137 Å². The summed E-state index contributed by atoms with van der Waals surface area (Å²) in [7, 11) is 1.88. The van der Waals surface area contributed by atoms with E-state index in [1.807, 2.05) is 35.9 Å². The van der Waals surface area contributed by atoms with Crippen molar-refractivity contribution < 1.29 is 27.9 Å². The van der Waals surface area contributed by atoms with Crippen molar-refractivity contribution in [3.05, 3.63) is 54.5 Å². The molecule has 0 fully saturated rings. The van der Waals surface area contributed by atoms with Crippen molar-refractivity contribution in [2.75, 3.05) is 5.32 Å². The number of alkyl halides is 3. The van der Waals surface area contributed by atoms with Crippen molar-refractivity contribution in [1.82, 2.24) is 19.5 Å². The summed E-state index contributed by atoms with van der Waals surface area (Å²) >= 11 is 0. The molecule has 0 saturated heterocycles. The number of aryl methyl sites for hydroxylation is 1. The van der Waals surface area contributed by atoms with Gasteiger partial charge >= 0.3 is 12.1 Å². The average molecular weight is 406 g/mol. The van der Waals surface area contributed by atoms with Gasteiger partial charge in [0.2, 0.25) is 0 Å². The van der Waals surface area contributed by atoms with Gasteiger partial charge in [-0.25, -0.2) is 14.8 Å². The minimum Gasteiger partial charge on any atom is -0.475 e. The molecule has 3 rings (SSSR count). The standard InChI is InChI=1S/C15H12N6O.C2HF3O2/c1-21-9-17-8-13(21)11-4-2-3-5-12(11)20-15(22)14-18-7-10(6-16)19-14;3-2(4,5)1(6)7/h2-5,7-9H,1H3,(H,18,19)(H,20,22);(H,6,7). The van der Waals surface area contributed by atoms with Crippen LogP contribution >= 0.6 is 0 Å². The molecule has 0 aliphatic carbocycles. The highest BCUT2D eigenvalue weighted by molar-refractivity contribution is 6.03. The Morgan fingerprint density at radius 3 is 2.45 bits per heavy atom. The van der Waals surface area contributed by atoms with E-state index < -0.39 is 18.1 Å². The summed E-state index contributed by atoms with van der Waals surface area (Å²) in [6.45, 7) is 0. The number of hydrogen-bond donors (Lipinski definition) is 3. The minimum atomic E-state index is -5.08. The fourth-order valence-electron chi connectivity index (χ4n) is 2.11. The Morgan fingerprint density at radius 1 is 1.28 bits per heavy atom. The lowest BCUT2D eigenvalue weighted by molar-refractivity contribution is -0.192. The van der Waals surface area contributed by atoms with Crippen LogP contribution in [0, 0.1) is 11.3 Å². The van der Waals surface area contributed by atoms with Gasteiger partial charge in [-0.3, -0.25) is 4.79 Å². The van der Waals surface area contributed by atoms with E-state index in [-0.39, 0.29) is 11.5 Å². The first-order valence-corrected chi connectivity index (χ1v) is 7.75. The molecule has 0 aliphatic heterocycles. The molecule has 1 amide bonds. The van der Waals surface area contributed by atoms with Gasteiger partial charge in [-0.2, -0.15) is 18.4 Å². The molecule has 2 heterocycles. The van der Waals surface area contributed by atoms with Gasteiger partial charge in [0.25, 0.3) is 5.91 Å². The van der Waals surface area contributed by atoms with Gasteiger partial charge in [-0.1, -0.05) is 18.2 Å². The van der Waals surface area contributed by atoms with Crippen molar-refractivity contribution in [3.8, 4) is 17.3 Å². The maximum absolute atomic E-state index is 12.2. The van der Waals surface area contributed by atoms with E-state index in [0.717, 1.165) is 11.3 Å². The maximum Gasteiger partial charge on any atom is 0.490 e. The van der Waals surface area contributed by atoms with Gasteiger partial charge in [-0.15, -0.1) is 0 Å². The number of hydrogen-bond acceptors (Lipinski definition) is 5. The fraction of sp³-hybridized carbons (Fsp3) is 0.118. The predicted octanol–water partition coefficient (Wildman–Crippen LogP) is 2.57. The number of carboxylic acid groups (broad SMARTS) is 1. The Labute approximate surface area is 161 Å². The number of anilines is 1. The van der Waals surface area contributed by atoms with Crippen LogP contribution < -0.4 is 5.32 Å². The first-order valence-electron chi connectivity index (χ1n) is 7.75. The van der Waals surface area contributed by atoms with Crippen LogP contribution in [0.1, 0.15) is 16.3 Å². The van der Waals surface area contributed by atoms with Gasteiger partial charge in [-0.05, 0) is 6.07 Å². The number of carbonyl (C=O) groups excluding carboxylic acids is 1. The summed E-state index contributed by atoms with van der Waals surface area (Å²) in [5.41, 5.74) is 2.62. The number of nitrogens with one attached hydrogen (secondary N) is 2. The highest BCUT2D eigenvalue weighted by atomic mass is 19.4. The quantitative estimate of drug-likeness (QED) is 0.611. The van der Waals surface area contributed by atoms with Crippen molar-refractivity contribution >= 4 is 17.6 Å². The zero-order valence-electron chi connectivity index (χ0n) is 14.7. The number of aliphatic carboxylic acids is 1. The largest absolute Gasteiger partial charge is 0.490 e. The molecule has 3 N–H and O–H groups in total. The van der Waals surface area contributed by atoms with Crippen molar-refractivity contribution in [1.29, 1.82) is 5.26 Å². The van der Waals surface area contributed by atoms with Crippen LogP contribution in [0.15, 0.2) is 43.0 Å².